The van der Waals surface area contributed by atoms with Crippen LogP contribution in [0.4, 0.5) is 24.5 Å². The van der Waals surface area contributed by atoms with Crippen molar-refractivity contribution in [3.63, 3.8) is 0 Å². The molecule has 3 aromatic rings. The minimum absolute atomic E-state index is 0.0134. The first-order valence-electron chi connectivity index (χ1n) is 9.75. The van der Waals surface area contributed by atoms with Crippen molar-refractivity contribution >= 4 is 23.2 Å². The predicted molar refractivity (Wildman–Crippen MR) is 116 cm³/mol. The molecule has 3 aromatic carbocycles. The molecule has 166 valence electrons. The molecule has 0 saturated carbocycles. The third kappa shape index (κ3) is 5.87. The number of benzene rings is 3. The van der Waals surface area contributed by atoms with Crippen molar-refractivity contribution in [2.24, 2.45) is 0 Å². The Morgan fingerprint density at radius 2 is 1.53 bits per heavy atom. The molecular formula is C24H21F3N2O3. The number of hydrogen-bond acceptors (Lipinski definition) is 3. The van der Waals surface area contributed by atoms with E-state index in [2.05, 4.69) is 10.6 Å². The smallest absolute Gasteiger partial charge is 0.416 e. The molecule has 2 amide bonds. The fraction of sp³-hybridized carbons (Fsp3) is 0.167. The number of para-hydroxylation sites is 1. The Kier molecular flexibility index (Phi) is 6.82. The number of amides is 2. The van der Waals surface area contributed by atoms with E-state index in [0.29, 0.717) is 11.4 Å². The zero-order valence-corrected chi connectivity index (χ0v) is 17.4. The number of anilines is 2. The second-order valence-corrected chi connectivity index (χ2v) is 7.13. The van der Waals surface area contributed by atoms with Crippen molar-refractivity contribution in [1.82, 2.24) is 0 Å². The highest BCUT2D eigenvalue weighted by molar-refractivity contribution is 6.05. The van der Waals surface area contributed by atoms with E-state index >= 15 is 0 Å². The summed E-state index contributed by atoms with van der Waals surface area (Å²) in [6.07, 6.45) is -5.30. The maximum Gasteiger partial charge on any atom is 0.416 e. The zero-order valence-electron chi connectivity index (χ0n) is 17.4. The van der Waals surface area contributed by atoms with Crippen LogP contribution in [0, 0.1) is 6.92 Å². The Labute approximate surface area is 183 Å². The van der Waals surface area contributed by atoms with Gasteiger partial charge in [0, 0.05) is 16.9 Å². The van der Waals surface area contributed by atoms with Crippen LogP contribution in [0.15, 0.2) is 72.8 Å². The fourth-order valence-electron chi connectivity index (χ4n) is 2.89. The van der Waals surface area contributed by atoms with Gasteiger partial charge >= 0.3 is 6.18 Å². The molecule has 8 heteroatoms. The first-order chi connectivity index (χ1) is 15.1. The summed E-state index contributed by atoms with van der Waals surface area (Å²) in [7, 11) is 0. The first-order valence-corrected chi connectivity index (χ1v) is 9.75. The van der Waals surface area contributed by atoms with E-state index in [9.17, 15) is 22.8 Å². The highest BCUT2D eigenvalue weighted by Gasteiger charge is 2.30. The molecule has 0 fully saturated rings. The van der Waals surface area contributed by atoms with Gasteiger partial charge in [0.1, 0.15) is 5.75 Å². The number of rotatable bonds is 6. The molecule has 0 radical (unpaired) electrons. The fourth-order valence-corrected chi connectivity index (χ4v) is 2.89. The van der Waals surface area contributed by atoms with E-state index in [1.165, 1.54) is 24.3 Å². The highest BCUT2D eigenvalue weighted by atomic mass is 19.4. The number of ether oxygens (including phenoxy) is 1. The lowest BCUT2D eigenvalue weighted by molar-refractivity contribution is -0.137. The number of nitrogens with one attached hydrogen (secondary N) is 2. The predicted octanol–water partition coefficient (Wildman–Crippen LogP) is 5.67. The third-order valence-electron chi connectivity index (χ3n) is 4.61. The standard InChI is InChI=1S/C24H21F3N2O3/c1-15-7-3-4-12-21(15)32-16(2)22(30)28-19-10-5-8-17(13-19)23(31)29-20-11-6-9-18(14-20)24(25,26)27/h3-14,16H,1-2H3,(H,28,30)(H,29,31). The Bertz CT molecular complexity index is 1130. The van der Waals surface area contributed by atoms with Gasteiger partial charge in [0.25, 0.3) is 11.8 Å². The molecule has 5 nitrogen and oxygen atoms in total. The molecule has 0 aliphatic carbocycles. The van der Waals surface area contributed by atoms with Gasteiger partial charge in [0.2, 0.25) is 0 Å². The van der Waals surface area contributed by atoms with Crippen LogP contribution in [0.5, 0.6) is 5.75 Å². The van der Waals surface area contributed by atoms with Crippen LogP contribution in [0.3, 0.4) is 0 Å². The number of carbonyl (C=O) groups is 2. The van der Waals surface area contributed by atoms with Crippen LogP contribution in [0.25, 0.3) is 0 Å². The van der Waals surface area contributed by atoms with Crippen LogP contribution < -0.4 is 15.4 Å². The molecule has 1 unspecified atom stereocenters. The lowest BCUT2D eigenvalue weighted by atomic mass is 10.1. The van der Waals surface area contributed by atoms with Crippen LogP contribution in [-0.2, 0) is 11.0 Å². The minimum atomic E-state index is -4.51. The molecule has 0 aromatic heterocycles. The van der Waals surface area contributed by atoms with E-state index in [-0.39, 0.29) is 11.3 Å². The third-order valence-corrected chi connectivity index (χ3v) is 4.61. The lowest BCUT2D eigenvalue weighted by Gasteiger charge is -2.16. The second kappa shape index (κ2) is 9.55. The van der Waals surface area contributed by atoms with Crippen molar-refractivity contribution in [1.29, 1.82) is 0 Å². The molecule has 0 saturated heterocycles. The number of alkyl halides is 3. The normalized spacial score (nSPS) is 12.0. The largest absolute Gasteiger partial charge is 0.481 e. The van der Waals surface area contributed by atoms with Gasteiger partial charge in [-0.1, -0.05) is 30.3 Å². The monoisotopic (exact) mass is 442 g/mol. The van der Waals surface area contributed by atoms with Gasteiger partial charge in [-0.3, -0.25) is 9.59 Å². The van der Waals surface area contributed by atoms with Crippen LogP contribution >= 0.6 is 0 Å². The van der Waals surface area contributed by atoms with E-state index < -0.39 is 29.7 Å². The van der Waals surface area contributed by atoms with Gasteiger partial charge in [0.05, 0.1) is 5.56 Å². The number of hydrogen-bond donors (Lipinski definition) is 2. The van der Waals surface area contributed by atoms with E-state index in [4.69, 9.17) is 4.74 Å². The summed E-state index contributed by atoms with van der Waals surface area (Å²) in [5, 5.41) is 5.11. The topological polar surface area (TPSA) is 67.4 Å². The molecule has 2 N–H and O–H groups in total. The summed E-state index contributed by atoms with van der Waals surface area (Å²) < 4.78 is 44.3. The first kappa shape index (κ1) is 22.9. The molecule has 3 rings (SSSR count). The van der Waals surface area contributed by atoms with Gasteiger partial charge in [-0.05, 0) is 61.9 Å². The van der Waals surface area contributed by atoms with Gasteiger partial charge in [-0.25, -0.2) is 0 Å². The van der Waals surface area contributed by atoms with Crippen LogP contribution in [-0.4, -0.2) is 17.9 Å². The second-order valence-electron chi connectivity index (χ2n) is 7.13. The zero-order chi connectivity index (χ0) is 23.3. The summed E-state index contributed by atoms with van der Waals surface area (Å²) >= 11 is 0. The van der Waals surface area contributed by atoms with Crippen LogP contribution in [0.1, 0.15) is 28.4 Å². The summed E-state index contributed by atoms with van der Waals surface area (Å²) in [6.45, 7) is 3.47. The van der Waals surface area contributed by atoms with Gasteiger partial charge in [0.15, 0.2) is 6.10 Å². The lowest BCUT2D eigenvalue weighted by Crippen LogP contribution is -2.30. The van der Waals surface area contributed by atoms with Crippen molar-refractivity contribution in [2.45, 2.75) is 26.1 Å². The minimum Gasteiger partial charge on any atom is -0.481 e. The van der Waals surface area contributed by atoms with Crippen LogP contribution in [0.2, 0.25) is 0 Å². The Morgan fingerprint density at radius 3 is 2.22 bits per heavy atom. The van der Waals surface area contributed by atoms with Crippen molar-refractivity contribution in [3.8, 4) is 5.75 Å². The van der Waals surface area contributed by atoms with E-state index in [1.54, 1.807) is 31.2 Å². The van der Waals surface area contributed by atoms with Crippen molar-refractivity contribution < 1.29 is 27.5 Å². The number of aryl methyl sites for hydroxylation is 1. The molecule has 0 heterocycles. The molecule has 0 spiro atoms. The highest BCUT2D eigenvalue weighted by Crippen LogP contribution is 2.30. The van der Waals surface area contributed by atoms with E-state index in [0.717, 1.165) is 17.7 Å². The number of halogens is 3. The van der Waals surface area contributed by atoms with Crippen molar-refractivity contribution in [2.75, 3.05) is 10.6 Å². The average Bonchev–Trinajstić information content (AvgIpc) is 2.75. The van der Waals surface area contributed by atoms with Crippen molar-refractivity contribution in [3.05, 3.63) is 89.5 Å². The van der Waals surface area contributed by atoms with Gasteiger partial charge in [-0.2, -0.15) is 13.2 Å². The Morgan fingerprint density at radius 1 is 0.875 bits per heavy atom. The molecular weight excluding hydrogens is 421 g/mol. The quantitative estimate of drug-likeness (QED) is 0.517. The average molecular weight is 442 g/mol. The molecule has 0 bridgehead atoms. The van der Waals surface area contributed by atoms with Gasteiger partial charge in [-0.15, -0.1) is 0 Å². The summed E-state index contributed by atoms with van der Waals surface area (Å²) in [6, 6.07) is 17.7. The maximum absolute atomic E-state index is 12.9. The molecule has 1 atom stereocenters. The van der Waals surface area contributed by atoms with E-state index in [1.807, 2.05) is 19.1 Å². The summed E-state index contributed by atoms with van der Waals surface area (Å²) in [5.74, 6) is -0.433. The molecule has 32 heavy (non-hydrogen) atoms. The Balaban J connectivity index is 1.66. The molecule has 0 aliphatic heterocycles. The van der Waals surface area contributed by atoms with Gasteiger partial charge < -0.3 is 15.4 Å². The summed E-state index contributed by atoms with van der Waals surface area (Å²) in [4.78, 5) is 25.0. The summed E-state index contributed by atoms with van der Waals surface area (Å²) in [5.41, 5.74) is 0.568. The SMILES string of the molecule is Cc1ccccc1OC(C)C(=O)Nc1cccc(C(=O)Nc2cccc(C(F)(F)F)c2)c1. The molecule has 0 aliphatic rings. The number of carbonyl (C=O) groups excluding carboxylic acids is 2. The Hall–Kier alpha value is -3.81. The maximum atomic E-state index is 12.9.